The molecule has 0 bridgehead atoms. The van der Waals surface area contributed by atoms with Crippen LogP contribution in [0.1, 0.15) is 29.4 Å². The summed E-state index contributed by atoms with van der Waals surface area (Å²) in [4.78, 5) is 1.95. The molecule has 1 saturated heterocycles. The summed E-state index contributed by atoms with van der Waals surface area (Å²) in [5, 5.41) is 8.18. The smallest absolute Gasteiger partial charge is 0.168 e. The second kappa shape index (κ2) is 5.92. The summed E-state index contributed by atoms with van der Waals surface area (Å²) in [7, 11) is 0.816. The number of sulfone groups is 1. The van der Waals surface area contributed by atoms with E-state index in [0.29, 0.717) is 18.1 Å². The second-order valence-electron chi connectivity index (χ2n) is 5.56. The zero-order chi connectivity index (χ0) is 15.8. The molecule has 0 aromatic carbocycles. The van der Waals surface area contributed by atoms with Crippen LogP contribution in [0.3, 0.4) is 0 Å². The van der Waals surface area contributed by atoms with Gasteiger partial charge in [0.15, 0.2) is 14.9 Å². The van der Waals surface area contributed by atoms with E-state index in [1.807, 2.05) is 30.5 Å². The molecule has 0 radical (unpaired) electrons. The quantitative estimate of drug-likeness (QED) is 0.827. The van der Waals surface area contributed by atoms with Crippen molar-refractivity contribution in [2.45, 2.75) is 32.9 Å². The summed E-state index contributed by atoms with van der Waals surface area (Å²) in [6.07, 6.45) is 0.647. The maximum absolute atomic E-state index is 11.6. The van der Waals surface area contributed by atoms with E-state index in [0.717, 1.165) is 17.0 Å². The van der Waals surface area contributed by atoms with Crippen LogP contribution in [0.25, 0.3) is 0 Å². The van der Waals surface area contributed by atoms with Crippen molar-refractivity contribution in [3.8, 4) is 0 Å². The van der Waals surface area contributed by atoms with Crippen LogP contribution >= 0.6 is 12.2 Å². The lowest BCUT2D eigenvalue weighted by Crippen LogP contribution is -2.34. The molecule has 1 atom stereocenters. The number of hydrogen-bond acceptors (Lipinski definition) is 4. The van der Waals surface area contributed by atoms with E-state index in [-0.39, 0.29) is 17.5 Å². The van der Waals surface area contributed by atoms with Gasteiger partial charge in [0.25, 0.3) is 0 Å². The first-order chi connectivity index (χ1) is 9.75. The predicted molar refractivity (Wildman–Crippen MR) is 87.1 cm³/mol. The second-order valence-corrected chi connectivity index (χ2v) is 8.18. The van der Waals surface area contributed by atoms with E-state index in [4.69, 9.17) is 12.2 Å². The van der Waals surface area contributed by atoms with E-state index in [1.165, 1.54) is 0 Å². The fourth-order valence-corrected chi connectivity index (χ4v) is 4.51. The SMILES string of the molecule is CNC(=S)N(C)Cc1c(C)nn([C@H]2CCS(=O)(=O)C2)c1C. The van der Waals surface area contributed by atoms with Crippen molar-refractivity contribution in [2.24, 2.45) is 0 Å². The van der Waals surface area contributed by atoms with E-state index in [2.05, 4.69) is 10.4 Å². The van der Waals surface area contributed by atoms with Gasteiger partial charge in [-0.1, -0.05) is 0 Å². The largest absolute Gasteiger partial charge is 0.366 e. The Morgan fingerprint density at radius 2 is 2.19 bits per heavy atom. The molecule has 1 aromatic rings. The first-order valence-corrected chi connectivity index (χ1v) is 9.16. The monoisotopic (exact) mass is 330 g/mol. The average molecular weight is 330 g/mol. The first kappa shape index (κ1) is 16.2. The maximum Gasteiger partial charge on any atom is 0.168 e. The van der Waals surface area contributed by atoms with E-state index in [1.54, 1.807) is 7.05 Å². The zero-order valence-electron chi connectivity index (χ0n) is 12.9. The molecular formula is C13H22N4O2S2. The third-order valence-electron chi connectivity index (χ3n) is 3.98. The van der Waals surface area contributed by atoms with Gasteiger partial charge in [-0.15, -0.1) is 0 Å². The number of aryl methyl sites for hydroxylation is 1. The van der Waals surface area contributed by atoms with Crippen LogP contribution in [0, 0.1) is 13.8 Å². The molecule has 2 heterocycles. The topological polar surface area (TPSA) is 67.2 Å². The fraction of sp³-hybridized carbons (Fsp3) is 0.692. The zero-order valence-corrected chi connectivity index (χ0v) is 14.5. The van der Waals surface area contributed by atoms with Crippen LogP contribution in [0.2, 0.25) is 0 Å². The maximum atomic E-state index is 11.6. The number of thiocarbonyl (C=S) groups is 1. The molecule has 1 N–H and O–H groups in total. The van der Waals surface area contributed by atoms with Crippen molar-refractivity contribution in [2.75, 3.05) is 25.6 Å². The van der Waals surface area contributed by atoms with Crippen LogP contribution in [0.15, 0.2) is 0 Å². The van der Waals surface area contributed by atoms with Crippen molar-refractivity contribution in [3.63, 3.8) is 0 Å². The number of nitrogens with one attached hydrogen (secondary N) is 1. The van der Waals surface area contributed by atoms with Gasteiger partial charge in [-0.2, -0.15) is 5.10 Å². The predicted octanol–water partition coefficient (Wildman–Crippen LogP) is 0.796. The van der Waals surface area contributed by atoms with Gasteiger partial charge in [0.05, 0.1) is 23.2 Å². The van der Waals surface area contributed by atoms with E-state index >= 15 is 0 Å². The van der Waals surface area contributed by atoms with Gasteiger partial charge in [0.1, 0.15) is 0 Å². The fourth-order valence-electron chi connectivity index (χ4n) is 2.75. The molecule has 2 rings (SSSR count). The minimum absolute atomic E-state index is 0.0380. The number of nitrogens with zero attached hydrogens (tertiary/aromatic N) is 3. The van der Waals surface area contributed by atoms with Gasteiger partial charge in [-0.3, -0.25) is 4.68 Å². The highest BCUT2D eigenvalue weighted by Crippen LogP contribution is 2.27. The highest BCUT2D eigenvalue weighted by molar-refractivity contribution is 7.91. The Kier molecular flexibility index (Phi) is 4.57. The number of rotatable bonds is 3. The number of aromatic nitrogens is 2. The van der Waals surface area contributed by atoms with Crippen LogP contribution < -0.4 is 5.32 Å². The molecule has 0 unspecified atom stereocenters. The molecule has 118 valence electrons. The molecule has 0 amide bonds. The van der Waals surface area contributed by atoms with Crippen LogP contribution in [0.5, 0.6) is 0 Å². The molecule has 0 aliphatic carbocycles. The molecule has 0 saturated carbocycles. The van der Waals surface area contributed by atoms with Crippen LogP contribution in [-0.2, 0) is 16.4 Å². The van der Waals surface area contributed by atoms with E-state index in [9.17, 15) is 8.42 Å². The Labute approximate surface area is 131 Å². The molecule has 8 heteroatoms. The Bertz CT molecular complexity index is 651. The third kappa shape index (κ3) is 3.37. The van der Waals surface area contributed by atoms with Crippen molar-refractivity contribution in [1.29, 1.82) is 0 Å². The van der Waals surface area contributed by atoms with Crippen LogP contribution in [-0.4, -0.2) is 53.8 Å². The van der Waals surface area contributed by atoms with Crippen LogP contribution in [0.4, 0.5) is 0 Å². The summed E-state index contributed by atoms with van der Waals surface area (Å²) < 4.78 is 25.2. The number of hydrogen-bond donors (Lipinski definition) is 1. The highest BCUT2D eigenvalue weighted by atomic mass is 32.2. The summed E-state index contributed by atoms with van der Waals surface area (Å²) >= 11 is 5.22. The van der Waals surface area contributed by atoms with Gasteiger partial charge in [-0.25, -0.2) is 8.42 Å². The Morgan fingerprint density at radius 3 is 2.71 bits per heavy atom. The minimum atomic E-state index is -2.91. The average Bonchev–Trinajstić information content (AvgIpc) is 2.91. The van der Waals surface area contributed by atoms with Gasteiger partial charge in [0, 0.05) is 31.9 Å². The third-order valence-corrected chi connectivity index (χ3v) is 6.25. The van der Waals surface area contributed by atoms with Gasteiger partial charge < -0.3 is 10.2 Å². The normalized spacial score (nSPS) is 20.5. The molecule has 0 spiro atoms. The molecule has 1 aliphatic heterocycles. The standard InChI is InChI=1S/C13H22N4O2S2/c1-9-12(7-16(4)13(20)14-3)10(2)17(15-9)11-5-6-21(18,19)8-11/h11H,5-8H2,1-4H3,(H,14,20)/t11-/m0/s1. The lowest BCUT2D eigenvalue weighted by atomic mass is 10.2. The van der Waals surface area contributed by atoms with Crippen molar-refractivity contribution >= 4 is 27.2 Å². The molecular weight excluding hydrogens is 308 g/mol. The summed E-state index contributed by atoms with van der Waals surface area (Å²) in [5.74, 6) is 0.453. The van der Waals surface area contributed by atoms with E-state index < -0.39 is 9.84 Å². The van der Waals surface area contributed by atoms with Crippen molar-refractivity contribution in [3.05, 3.63) is 17.0 Å². The summed E-state index contributed by atoms with van der Waals surface area (Å²) in [5.41, 5.74) is 3.07. The van der Waals surface area contributed by atoms with Gasteiger partial charge in [0.2, 0.25) is 0 Å². The Hall–Kier alpha value is -1.15. The first-order valence-electron chi connectivity index (χ1n) is 6.93. The van der Waals surface area contributed by atoms with Crippen molar-refractivity contribution < 1.29 is 8.42 Å². The Morgan fingerprint density at radius 1 is 1.52 bits per heavy atom. The van der Waals surface area contributed by atoms with Gasteiger partial charge in [-0.05, 0) is 32.5 Å². The Balaban J connectivity index is 2.24. The van der Waals surface area contributed by atoms with Crippen molar-refractivity contribution in [1.82, 2.24) is 20.0 Å². The highest BCUT2D eigenvalue weighted by Gasteiger charge is 2.31. The minimum Gasteiger partial charge on any atom is -0.366 e. The molecule has 1 fully saturated rings. The summed E-state index contributed by atoms with van der Waals surface area (Å²) in [6.45, 7) is 4.62. The summed E-state index contributed by atoms with van der Waals surface area (Å²) in [6, 6.07) is -0.0380. The lowest BCUT2D eigenvalue weighted by Gasteiger charge is -2.20. The molecule has 6 nitrogen and oxygen atoms in total. The molecule has 1 aliphatic rings. The lowest BCUT2D eigenvalue weighted by molar-refractivity contribution is 0.476. The molecule has 21 heavy (non-hydrogen) atoms. The molecule has 1 aromatic heterocycles. The van der Waals surface area contributed by atoms with Gasteiger partial charge >= 0.3 is 0 Å².